The maximum atomic E-state index is 13.9. The molecule has 15 nitrogen and oxygen atoms in total. The van der Waals surface area contributed by atoms with Crippen molar-refractivity contribution < 1.29 is 59.0 Å². The number of piperidine rings is 1. The highest BCUT2D eigenvalue weighted by Gasteiger charge is 2.61. The van der Waals surface area contributed by atoms with Gasteiger partial charge in [0.15, 0.2) is 0 Å². The van der Waals surface area contributed by atoms with Gasteiger partial charge < -0.3 is 55.3 Å². The average Bonchev–Trinajstić information content (AvgIpc) is 3.61. The van der Waals surface area contributed by atoms with Crippen molar-refractivity contribution in [1.29, 1.82) is 0 Å². The van der Waals surface area contributed by atoms with E-state index >= 15 is 0 Å². The summed E-state index contributed by atoms with van der Waals surface area (Å²) in [6.45, 7) is 0.434. The number of phenols is 1. The molecule has 15 heteroatoms. The SMILES string of the molecule is CCCCOC(=O)[C@@H](NC(=O)[C@H](Cc1ccc(O)cc1)NC(=O)OCc1ccccc1)[C@H]1[C@H](O)[C@](O)(CO)[C@@H](O)[C@@H](c2ccco2)N1O. The van der Waals surface area contributed by atoms with E-state index in [2.05, 4.69) is 10.6 Å². The molecule has 2 amide bonds. The van der Waals surface area contributed by atoms with E-state index in [9.17, 15) is 45.1 Å². The van der Waals surface area contributed by atoms with Crippen LogP contribution in [0.25, 0.3) is 0 Å². The Morgan fingerprint density at radius 2 is 1.67 bits per heavy atom. The third kappa shape index (κ3) is 8.49. The number of carbonyl (C=O) groups is 3. The number of rotatable bonds is 14. The molecule has 2 heterocycles. The van der Waals surface area contributed by atoms with Gasteiger partial charge in [0.25, 0.3) is 0 Å². The van der Waals surface area contributed by atoms with Gasteiger partial charge in [0.1, 0.15) is 54.1 Å². The van der Waals surface area contributed by atoms with Crippen LogP contribution in [0.2, 0.25) is 0 Å². The Balaban J connectivity index is 1.66. The van der Waals surface area contributed by atoms with Crippen molar-refractivity contribution in [3.8, 4) is 5.75 Å². The zero-order chi connectivity index (χ0) is 34.8. The summed E-state index contributed by atoms with van der Waals surface area (Å²) >= 11 is 0. The lowest BCUT2D eigenvalue weighted by molar-refractivity contribution is -0.311. The van der Waals surface area contributed by atoms with E-state index in [1.807, 2.05) is 6.92 Å². The number of benzene rings is 2. The summed E-state index contributed by atoms with van der Waals surface area (Å²) in [5, 5.41) is 70.0. The number of carbonyl (C=O) groups excluding carboxylic acids is 3. The van der Waals surface area contributed by atoms with Gasteiger partial charge in [-0.3, -0.25) is 4.79 Å². The third-order valence-electron chi connectivity index (χ3n) is 8.16. The van der Waals surface area contributed by atoms with Gasteiger partial charge in [0, 0.05) is 6.42 Å². The highest BCUT2D eigenvalue weighted by Crippen LogP contribution is 2.40. The summed E-state index contributed by atoms with van der Waals surface area (Å²) < 4.78 is 16.0. The number of hydrogen-bond acceptors (Lipinski definition) is 13. The third-order valence-corrected chi connectivity index (χ3v) is 8.16. The second kappa shape index (κ2) is 16.5. The van der Waals surface area contributed by atoms with Gasteiger partial charge in [-0.1, -0.05) is 55.8 Å². The number of hydroxylamine groups is 2. The van der Waals surface area contributed by atoms with Crippen molar-refractivity contribution in [2.75, 3.05) is 13.2 Å². The summed E-state index contributed by atoms with van der Waals surface area (Å²) in [6, 6.07) is 10.5. The van der Waals surface area contributed by atoms with E-state index in [-0.39, 0.29) is 31.1 Å². The number of alkyl carbamates (subject to hydrolysis) is 1. The standard InChI is InChI=1S/C33H41N3O12/c1-2-3-15-47-31(42)25(27-29(40)33(44,19-37)28(39)26(36(27)45)24-10-7-16-46-24)35-30(41)23(17-20-11-13-22(38)14-12-20)34-32(43)48-18-21-8-5-4-6-9-21/h4-14,16,23,25-29,37-40,44-45H,2-3,15,17-19H2,1H3,(H,34,43)(H,35,41)/t23-,25-,26+,27-,28-,29-,33-/m0/s1. The molecule has 0 radical (unpaired) electrons. The number of phenolic OH excluding ortho intramolecular Hbond substituents is 1. The smallest absolute Gasteiger partial charge is 0.408 e. The number of esters is 1. The van der Waals surface area contributed by atoms with Crippen LogP contribution in [0.4, 0.5) is 4.79 Å². The van der Waals surface area contributed by atoms with Gasteiger partial charge in [0.05, 0.1) is 25.5 Å². The second-order valence-electron chi connectivity index (χ2n) is 11.5. The lowest BCUT2D eigenvalue weighted by Gasteiger charge is -2.52. The molecule has 1 aliphatic heterocycles. The van der Waals surface area contributed by atoms with E-state index in [0.29, 0.717) is 29.0 Å². The number of hydrogen-bond donors (Lipinski definition) is 8. The zero-order valence-corrected chi connectivity index (χ0v) is 26.2. The minimum absolute atomic E-state index is 0.0381. The van der Waals surface area contributed by atoms with Crippen LogP contribution in [0.15, 0.2) is 77.4 Å². The molecule has 4 rings (SSSR count). The van der Waals surface area contributed by atoms with Crippen LogP contribution < -0.4 is 10.6 Å². The van der Waals surface area contributed by atoms with Crippen LogP contribution >= 0.6 is 0 Å². The Hall–Kier alpha value is -4.51. The number of aliphatic hydroxyl groups is 4. The van der Waals surface area contributed by atoms with Gasteiger partial charge in [-0.25, -0.2) is 9.59 Å². The van der Waals surface area contributed by atoms with Crippen LogP contribution in [-0.2, 0) is 32.1 Å². The van der Waals surface area contributed by atoms with Crippen LogP contribution in [0.1, 0.15) is 42.7 Å². The molecule has 3 aromatic rings. The van der Waals surface area contributed by atoms with E-state index in [1.165, 1.54) is 42.7 Å². The molecule has 0 spiro atoms. The van der Waals surface area contributed by atoms with E-state index in [4.69, 9.17) is 13.9 Å². The van der Waals surface area contributed by atoms with Crippen molar-refractivity contribution in [2.45, 2.75) is 74.8 Å². The second-order valence-corrected chi connectivity index (χ2v) is 11.5. The Kier molecular flexibility index (Phi) is 12.5. The van der Waals surface area contributed by atoms with Crippen LogP contribution in [0.3, 0.4) is 0 Å². The van der Waals surface area contributed by atoms with Gasteiger partial charge in [-0.15, -0.1) is 0 Å². The fourth-order valence-electron chi connectivity index (χ4n) is 5.41. The summed E-state index contributed by atoms with van der Waals surface area (Å²) in [7, 11) is 0. The number of unbranched alkanes of at least 4 members (excludes halogenated alkanes) is 1. The molecule has 1 fully saturated rings. The first-order chi connectivity index (χ1) is 23.0. The van der Waals surface area contributed by atoms with E-state index in [0.717, 1.165) is 0 Å². The number of amides is 2. The van der Waals surface area contributed by atoms with Crippen LogP contribution in [0.5, 0.6) is 5.75 Å². The molecular formula is C33H41N3O12. The summed E-state index contributed by atoms with van der Waals surface area (Å²) in [6.07, 6.45) is -3.09. The van der Waals surface area contributed by atoms with Crippen LogP contribution in [0, 0.1) is 0 Å². The first kappa shape index (κ1) is 36.3. The zero-order valence-electron chi connectivity index (χ0n) is 26.2. The Bertz CT molecular complexity index is 1470. The van der Waals surface area contributed by atoms with Crippen molar-refractivity contribution in [3.63, 3.8) is 0 Å². The highest BCUT2D eigenvalue weighted by atomic mass is 16.6. The van der Waals surface area contributed by atoms with Crippen LogP contribution in [-0.4, -0.2) is 103 Å². The molecule has 1 aliphatic rings. The predicted octanol–water partition coefficient (Wildman–Crippen LogP) is 0.911. The Labute approximate surface area is 276 Å². The largest absolute Gasteiger partial charge is 0.508 e. The average molecular weight is 672 g/mol. The molecule has 2 aromatic carbocycles. The Morgan fingerprint density at radius 3 is 2.29 bits per heavy atom. The molecule has 8 N–H and O–H groups in total. The Morgan fingerprint density at radius 1 is 0.958 bits per heavy atom. The fraction of sp³-hybridized carbons (Fsp3) is 0.424. The summed E-state index contributed by atoms with van der Waals surface area (Å²) in [5.74, 6) is -2.23. The van der Waals surface area contributed by atoms with E-state index in [1.54, 1.807) is 30.3 Å². The topological polar surface area (TPSA) is 231 Å². The molecule has 1 aromatic heterocycles. The highest BCUT2D eigenvalue weighted by molar-refractivity contribution is 5.90. The molecule has 1 saturated heterocycles. The predicted molar refractivity (Wildman–Crippen MR) is 166 cm³/mol. The van der Waals surface area contributed by atoms with Gasteiger partial charge in [-0.05, 0) is 41.8 Å². The number of aromatic hydroxyl groups is 1. The number of nitrogens with one attached hydrogen (secondary N) is 2. The first-order valence-electron chi connectivity index (χ1n) is 15.4. The lowest BCUT2D eigenvalue weighted by Crippen LogP contribution is -2.75. The van der Waals surface area contributed by atoms with E-state index < -0.39 is 66.6 Å². The first-order valence-corrected chi connectivity index (χ1v) is 15.4. The normalized spacial score (nSPS) is 23.9. The van der Waals surface area contributed by atoms with Gasteiger partial charge in [0.2, 0.25) is 5.91 Å². The van der Waals surface area contributed by atoms with Crippen molar-refractivity contribution in [2.24, 2.45) is 0 Å². The summed E-state index contributed by atoms with van der Waals surface area (Å²) in [4.78, 5) is 40.4. The molecule has 48 heavy (non-hydrogen) atoms. The van der Waals surface area contributed by atoms with Crippen molar-refractivity contribution in [3.05, 3.63) is 89.9 Å². The number of furan rings is 1. The number of aliphatic hydroxyl groups excluding tert-OH is 3. The molecule has 0 unspecified atom stereocenters. The maximum Gasteiger partial charge on any atom is 0.408 e. The molecule has 7 atom stereocenters. The number of ether oxygens (including phenoxy) is 2. The monoisotopic (exact) mass is 671 g/mol. The molecule has 0 bridgehead atoms. The maximum absolute atomic E-state index is 13.9. The quantitative estimate of drug-likeness (QED) is 0.0881. The van der Waals surface area contributed by atoms with Gasteiger partial charge >= 0.3 is 12.1 Å². The molecule has 260 valence electrons. The molecule has 0 saturated carbocycles. The minimum Gasteiger partial charge on any atom is -0.508 e. The fourth-order valence-corrected chi connectivity index (χ4v) is 5.41. The minimum atomic E-state index is -2.71. The number of nitrogens with zero attached hydrogens (tertiary/aromatic N) is 1. The van der Waals surface area contributed by atoms with Gasteiger partial charge in [-0.2, -0.15) is 5.06 Å². The van der Waals surface area contributed by atoms with Crippen molar-refractivity contribution >= 4 is 18.0 Å². The molecule has 0 aliphatic carbocycles. The van der Waals surface area contributed by atoms with Crippen molar-refractivity contribution in [1.82, 2.24) is 15.7 Å². The lowest BCUT2D eigenvalue weighted by atomic mass is 9.75. The molecular weight excluding hydrogens is 630 g/mol. The summed E-state index contributed by atoms with van der Waals surface area (Å²) in [5.41, 5.74) is -1.53.